The zero-order valence-electron chi connectivity index (χ0n) is 25.6. The molecule has 0 spiro atoms. The number of benzene rings is 1. The number of carbonyl (C=O) groups is 1. The van der Waals surface area contributed by atoms with E-state index in [4.69, 9.17) is 12.2 Å². The SMILES string of the molecule is C#Cc1ccc(C(=O)N2Cc3nc(-n4nc(C(F)(F)F)cc4C)n(-c4ccc(C(C=NC)=CN)nc4)c(=O)c3C[C@H]2C)cc1C(F)(F)F. The monoisotopic (exact) mass is 668 g/mol. The fraction of sp³-hybridized carbons (Fsp3) is 0.250. The van der Waals surface area contributed by atoms with Gasteiger partial charge in [0.05, 0.1) is 35.4 Å². The number of carbonyl (C=O) groups excluding carboxylic acids is 1. The molecular weight excluding hydrogens is 642 g/mol. The Bertz CT molecular complexity index is 2070. The van der Waals surface area contributed by atoms with Gasteiger partial charge < -0.3 is 10.6 Å². The van der Waals surface area contributed by atoms with Gasteiger partial charge in [-0.15, -0.1) is 6.42 Å². The standard InChI is InChI=1S/C32H26F6N8O2/c1-5-19-6-7-20(12-24(19)31(33,34)35)28(47)44-16-26-23(10-17(44)2)29(48)45(22-8-9-25(41-15-22)21(13-39)14-40-4)30(42-26)46-18(3)11-27(43-46)32(36,37)38/h1,6-9,11-15,17H,10,16,39H2,2-4H3/t17-/m1/s1. The predicted molar refractivity (Wildman–Crippen MR) is 163 cm³/mol. The highest BCUT2D eigenvalue weighted by Crippen LogP contribution is 2.34. The number of aromatic nitrogens is 5. The number of aliphatic imine (C=N–C) groups is 1. The highest BCUT2D eigenvalue weighted by Gasteiger charge is 2.38. The minimum Gasteiger partial charge on any atom is -0.404 e. The average molecular weight is 669 g/mol. The van der Waals surface area contributed by atoms with Gasteiger partial charge in [-0.2, -0.15) is 31.4 Å². The summed E-state index contributed by atoms with van der Waals surface area (Å²) in [5, 5.41) is 3.68. The lowest BCUT2D eigenvalue weighted by molar-refractivity contribution is -0.141. The van der Waals surface area contributed by atoms with Crippen molar-refractivity contribution in [1.82, 2.24) is 29.2 Å². The zero-order chi connectivity index (χ0) is 35.1. The van der Waals surface area contributed by atoms with Gasteiger partial charge in [0.15, 0.2) is 5.69 Å². The maximum Gasteiger partial charge on any atom is 0.435 e. The molecule has 2 N–H and O–H groups in total. The van der Waals surface area contributed by atoms with E-state index in [1.807, 2.05) is 5.92 Å². The van der Waals surface area contributed by atoms with Gasteiger partial charge >= 0.3 is 12.4 Å². The molecule has 16 heteroatoms. The summed E-state index contributed by atoms with van der Waals surface area (Å²) in [7, 11) is 1.54. The molecule has 248 valence electrons. The van der Waals surface area contributed by atoms with E-state index < -0.39 is 46.7 Å². The number of nitrogens with two attached hydrogens (primary N) is 1. The molecule has 0 fully saturated rings. The van der Waals surface area contributed by atoms with Crippen LogP contribution >= 0.6 is 0 Å². The van der Waals surface area contributed by atoms with E-state index >= 15 is 0 Å². The normalized spacial score (nSPS) is 15.5. The zero-order valence-corrected chi connectivity index (χ0v) is 25.6. The van der Waals surface area contributed by atoms with Crippen molar-refractivity contribution >= 4 is 17.7 Å². The predicted octanol–water partition coefficient (Wildman–Crippen LogP) is 4.73. The molecule has 5 rings (SSSR count). The Hall–Kier alpha value is -5.72. The molecule has 0 saturated carbocycles. The van der Waals surface area contributed by atoms with Gasteiger partial charge in [-0.3, -0.25) is 19.6 Å². The van der Waals surface area contributed by atoms with E-state index in [1.54, 1.807) is 6.92 Å². The molecule has 1 atom stereocenters. The summed E-state index contributed by atoms with van der Waals surface area (Å²) in [6.45, 7) is 2.62. The first-order valence-electron chi connectivity index (χ1n) is 14.2. The van der Waals surface area contributed by atoms with Crippen LogP contribution in [0.3, 0.4) is 0 Å². The lowest BCUT2D eigenvalue weighted by Crippen LogP contribution is -2.46. The number of halogens is 6. The molecule has 0 saturated heterocycles. The second-order valence-corrected chi connectivity index (χ2v) is 10.9. The molecule has 4 heterocycles. The lowest BCUT2D eigenvalue weighted by atomic mass is 9.97. The van der Waals surface area contributed by atoms with E-state index in [1.165, 1.54) is 55.7 Å². The topological polar surface area (TPSA) is 124 Å². The van der Waals surface area contributed by atoms with Crippen LogP contribution in [0.1, 0.15) is 56.7 Å². The number of pyridine rings is 1. The Labute approximate surface area is 269 Å². The first-order valence-corrected chi connectivity index (χ1v) is 14.2. The van der Waals surface area contributed by atoms with E-state index in [0.717, 1.165) is 21.4 Å². The number of rotatable bonds is 5. The molecule has 1 aliphatic heterocycles. The number of nitrogens with zero attached hydrogens (tertiary/aromatic N) is 7. The summed E-state index contributed by atoms with van der Waals surface area (Å²) in [5.74, 6) is 0.843. The Morgan fingerprint density at radius 2 is 1.85 bits per heavy atom. The number of allylic oxidation sites excluding steroid dienone is 1. The molecule has 1 aromatic carbocycles. The molecular formula is C32H26F6N8O2. The van der Waals surface area contributed by atoms with Crippen molar-refractivity contribution in [3.05, 3.63) is 104 Å². The minimum absolute atomic E-state index is 0.00888. The number of terminal acetylenes is 1. The summed E-state index contributed by atoms with van der Waals surface area (Å²) in [5.41, 5.74) is 3.07. The summed E-state index contributed by atoms with van der Waals surface area (Å²) < 4.78 is 83.9. The largest absolute Gasteiger partial charge is 0.435 e. The number of hydrogen-bond donors (Lipinski definition) is 1. The third-order valence-electron chi connectivity index (χ3n) is 7.70. The molecule has 48 heavy (non-hydrogen) atoms. The number of aryl methyl sites for hydroxylation is 1. The van der Waals surface area contributed by atoms with Gasteiger partial charge in [-0.25, -0.2) is 14.2 Å². The van der Waals surface area contributed by atoms with Gasteiger partial charge in [-0.05, 0) is 56.7 Å². The molecule has 3 aromatic heterocycles. The van der Waals surface area contributed by atoms with Crippen LogP contribution in [0.5, 0.6) is 0 Å². The Kier molecular flexibility index (Phi) is 8.74. The van der Waals surface area contributed by atoms with E-state index in [-0.39, 0.29) is 47.1 Å². The number of amides is 1. The van der Waals surface area contributed by atoms with Crippen molar-refractivity contribution in [1.29, 1.82) is 0 Å². The number of fused-ring (bicyclic) bond motifs is 1. The summed E-state index contributed by atoms with van der Waals surface area (Å²) in [6, 6.07) is 5.99. The van der Waals surface area contributed by atoms with Crippen molar-refractivity contribution < 1.29 is 31.1 Å². The number of alkyl halides is 6. The molecule has 10 nitrogen and oxygen atoms in total. The Morgan fingerprint density at radius 3 is 2.42 bits per heavy atom. The van der Waals surface area contributed by atoms with Crippen LogP contribution in [0.15, 0.2) is 58.6 Å². The van der Waals surface area contributed by atoms with Gasteiger partial charge in [0, 0.05) is 53.5 Å². The van der Waals surface area contributed by atoms with Crippen molar-refractivity contribution in [3.63, 3.8) is 0 Å². The third-order valence-corrected chi connectivity index (χ3v) is 7.70. The third kappa shape index (κ3) is 6.18. The van der Waals surface area contributed by atoms with Crippen molar-refractivity contribution in [3.8, 4) is 24.0 Å². The quantitative estimate of drug-likeness (QED) is 0.186. The van der Waals surface area contributed by atoms with Crippen molar-refractivity contribution in [2.24, 2.45) is 10.7 Å². The lowest BCUT2D eigenvalue weighted by Gasteiger charge is -2.34. The highest BCUT2D eigenvalue weighted by atomic mass is 19.4. The van der Waals surface area contributed by atoms with E-state index in [2.05, 4.69) is 20.1 Å². The molecule has 4 aromatic rings. The molecule has 0 aliphatic carbocycles. The maximum absolute atomic E-state index is 14.2. The van der Waals surface area contributed by atoms with Crippen LogP contribution in [0.4, 0.5) is 26.3 Å². The van der Waals surface area contributed by atoms with Gasteiger partial charge in [0.2, 0.25) is 5.95 Å². The highest BCUT2D eigenvalue weighted by molar-refractivity contribution is 6.08. The van der Waals surface area contributed by atoms with Crippen LogP contribution in [-0.2, 0) is 25.3 Å². The van der Waals surface area contributed by atoms with Crippen LogP contribution in [0.25, 0.3) is 17.2 Å². The molecule has 0 unspecified atom stereocenters. The van der Waals surface area contributed by atoms with Gasteiger partial charge in [0.1, 0.15) is 0 Å². The van der Waals surface area contributed by atoms with Crippen LogP contribution < -0.4 is 11.3 Å². The second-order valence-electron chi connectivity index (χ2n) is 10.9. The maximum atomic E-state index is 14.2. The van der Waals surface area contributed by atoms with Crippen molar-refractivity contribution in [2.75, 3.05) is 7.05 Å². The van der Waals surface area contributed by atoms with Gasteiger partial charge in [0.25, 0.3) is 11.5 Å². The Balaban J connectivity index is 1.65. The second kappa shape index (κ2) is 12.5. The van der Waals surface area contributed by atoms with Crippen molar-refractivity contribution in [2.45, 2.75) is 45.2 Å². The molecule has 0 radical (unpaired) electrons. The summed E-state index contributed by atoms with van der Waals surface area (Å²) in [6.07, 6.45) is -0.419. The fourth-order valence-corrected chi connectivity index (χ4v) is 5.33. The van der Waals surface area contributed by atoms with Crippen LogP contribution in [0, 0.1) is 19.3 Å². The van der Waals surface area contributed by atoms with E-state index in [0.29, 0.717) is 17.3 Å². The molecule has 1 aliphatic rings. The van der Waals surface area contributed by atoms with E-state index in [9.17, 15) is 35.9 Å². The van der Waals surface area contributed by atoms with Crippen LogP contribution in [0.2, 0.25) is 0 Å². The average Bonchev–Trinajstić information content (AvgIpc) is 3.44. The molecule has 0 bridgehead atoms. The first kappa shape index (κ1) is 33.6. The minimum atomic E-state index is -4.82. The Morgan fingerprint density at radius 1 is 1.12 bits per heavy atom. The van der Waals surface area contributed by atoms with Crippen LogP contribution in [-0.4, -0.2) is 54.4 Å². The summed E-state index contributed by atoms with van der Waals surface area (Å²) >= 11 is 0. The number of hydrogen-bond acceptors (Lipinski definition) is 7. The molecule has 1 amide bonds. The van der Waals surface area contributed by atoms with Gasteiger partial charge in [-0.1, -0.05) is 5.92 Å². The first-order chi connectivity index (χ1) is 22.6. The fourth-order valence-electron chi connectivity index (χ4n) is 5.33. The smallest absolute Gasteiger partial charge is 0.404 e. The summed E-state index contributed by atoms with van der Waals surface area (Å²) in [4.78, 5) is 41.7.